The van der Waals surface area contributed by atoms with Crippen molar-refractivity contribution < 1.29 is 12.5 Å². The largest absolute Gasteiger partial charge is 0.399 e. The lowest BCUT2D eigenvalue weighted by Crippen LogP contribution is -2.07. The lowest BCUT2D eigenvalue weighted by molar-refractivity contribution is 0.248. The lowest BCUT2D eigenvalue weighted by atomic mass is 10.3. The summed E-state index contributed by atoms with van der Waals surface area (Å²) in [6.07, 6.45) is 0. The minimum atomic E-state index is -2.09. The van der Waals surface area contributed by atoms with E-state index < -0.39 is 10.9 Å². The number of hydrogen-bond acceptors (Lipinski definition) is 4. The second kappa shape index (κ2) is 4.65. The molecule has 0 spiro atoms. The third-order valence-electron chi connectivity index (χ3n) is 1.81. The number of rotatable bonds is 4. The van der Waals surface area contributed by atoms with Crippen LogP contribution in [-0.2, 0) is 12.5 Å². The monoisotopic (exact) mass is 217 g/mol. The predicted octanol–water partition coefficient (Wildman–Crippen LogP) is 2.12. The van der Waals surface area contributed by atoms with E-state index in [2.05, 4.69) is 0 Å². The number of anilines is 1. The molecule has 0 heterocycles. The zero-order valence-electron chi connectivity index (χ0n) is 8.52. The van der Waals surface area contributed by atoms with E-state index in [1.807, 2.05) is 12.1 Å². The minimum Gasteiger partial charge on any atom is -0.399 e. The fourth-order valence-electron chi connectivity index (χ4n) is 1.16. The van der Waals surface area contributed by atoms with Gasteiger partial charge in [0.15, 0.2) is 0 Å². The van der Waals surface area contributed by atoms with Gasteiger partial charge in [0, 0.05) is 5.69 Å². The molecule has 0 unspecified atom stereocenters. The van der Waals surface area contributed by atoms with Crippen LogP contribution in [0.3, 0.4) is 0 Å². The zero-order chi connectivity index (χ0) is 10.6. The summed E-state index contributed by atoms with van der Waals surface area (Å²) >= 11 is 0. The standard InChI is InChI=1S/C9H15NO3S/c1-11-14(12-2,13-3)9-6-4-5-8(10)7-9/h4-7H,10H2,1-3H3. The Hall–Kier alpha value is -0.750. The molecule has 0 atom stereocenters. The zero-order valence-corrected chi connectivity index (χ0v) is 9.34. The molecule has 0 bridgehead atoms. The smallest absolute Gasteiger partial charge is 0.119 e. The maximum absolute atomic E-state index is 5.67. The summed E-state index contributed by atoms with van der Waals surface area (Å²) in [6.45, 7) is 0. The van der Waals surface area contributed by atoms with E-state index in [1.165, 1.54) is 0 Å². The van der Waals surface area contributed by atoms with Crippen LogP contribution in [-0.4, -0.2) is 21.3 Å². The van der Waals surface area contributed by atoms with Gasteiger partial charge in [-0.15, -0.1) is 0 Å². The fraction of sp³-hybridized carbons (Fsp3) is 0.333. The summed E-state index contributed by atoms with van der Waals surface area (Å²) in [6, 6.07) is 7.28. The van der Waals surface area contributed by atoms with Crippen molar-refractivity contribution in [2.24, 2.45) is 0 Å². The highest BCUT2D eigenvalue weighted by Gasteiger charge is 2.25. The molecule has 80 valence electrons. The van der Waals surface area contributed by atoms with Crippen LogP contribution in [0.25, 0.3) is 0 Å². The van der Waals surface area contributed by atoms with E-state index in [-0.39, 0.29) is 0 Å². The van der Waals surface area contributed by atoms with Crippen molar-refractivity contribution in [1.82, 2.24) is 0 Å². The summed E-state index contributed by atoms with van der Waals surface area (Å²) < 4.78 is 15.8. The van der Waals surface area contributed by atoms with Crippen molar-refractivity contribution in [3.8, 4) is 0 Å². The highest BCUT2D eigenvalue weighted by atomic mass is 32.3. The molecule has 1 rings (SSSR count). The van der Waals surface area contributed by atoms with Gasteiger partial charge in [-0.3, -0.25) is 12.5 Å². The molecule has 5 heteroatoms. The fourth-order valence-corrected chi connectivity index (χ4v) is 2.67. The second-order valence-electron chi connectivity index (χ2n) is 2.53. The van der Waals surface area contributed by atoms with Gasteiger partial charge in [-0.2, -0.15) is 0 Å². The van der Waals surface area contributed by atoms with Crippen LogP contribution in [0.15, 0.2) is 29.2 Å². The SMILES string of the molecule is COS(OC)(OC)c1cccc(N)c1. The number of hydrogen-bond donors (Lipinski definition) is 1. The summed E-state index contributed by atoms with van der Waals surface area (Å²) in [7, 11) is 2.55. The Labute approximate surface area is 85.9 Å². The van der Waals surface area contributed by atoms with E-state index in [4.69, 9.17) is 18.3 Å². The minimum absolute atomic E-state index is 0.658. The lowest BCUT2D eigenvalue weighted by Gasteiger charge is -2.33. The molecule has 14 heavy (non-hydrogen) atoms. The first-order chi connectivity index (χ1) is 6.68. The van der Waals surface area contributed by atoms with Gasteiger partial charge in [-0.05, 0) is 18.2 Å². The van der Waals surface area contributed by atoms with Crippen LogP contribution in [0.4, 0.5) is 5.69 Å². The summed E-state index contributed by atoms with van der Waals surface area (Å²) in [5.74, 6) is 0. The molecule has 4 nitrogen and oxygen atoms in total. The van der Waals surface area contributed by atoms with Crippen LogP contribution in [0, 0.1) is 0 Å². The van der Waals surface area contributed by atoms with E-state index >= 15 is 0 Å². The first-order valence-corrected chi connectivity index (χ1v) is 5.45. The van der Waals surface area contributed by atoms with Gasteiger partial charge >= 0.3 is 0 Å². The quantitative estimate of drug-likeness (QED) is 0.785. The average Bonchev–Trinajstić information content (AvgIpc) is 2.22. The van der Waals surface area contributed by atoms with Crippen molar-refractivity contribution in [1.29, 1.82) is 0 Å². The molecule has 0 saturated carbocycles. The van der Waals surface area contributed by atoms with Crippen molar-refractivity contribution in [2.75, 3.05) is 27.1 Å². The number of nitrogens with two attached hydrogens (primary N) is 1. The number of benzene rings is 1. The Morgan fingerprint density at radius 2 is 1.64 bits per heavy atom. The van der Waals surface area contributed by atoms with E-state index in [0.29, 0.717) is 5.69 Å². The Morgan fingerprint density at radius 3 is 2.07 bits per heavy atom. The van der Waals surface area contributed by atoms with Crippen LogP contribution >= 0.6 is 10.9 Å². The topological polar surface area (TPSA) is 53.7 Å². The van der Waals surface area contributed by atoms with Crippen LogP contribution < -0.4 is 5.73 Å². The molecule has 0 aliphatic rings. The molecule has 2 N–H and O–H groups in total. The maximum Gasteiger partial charge on any atom is 0.119 e. The van der Waals surface area contributed by atoms with Gasteiger partial charge < -0.3 is 5.73 Å². The molecular formula is C9H15NO3S. The third kappa shape index (κ3) is 2.01. The second-order valence-corrected chi connectivity index (χ2v) is 4.91. The van der Waals surface area contributed by atoms with Crippen molar-refractivity contribution in [3.05, 3.63) is 24.3 Å². The predicted molar refractivity (Wildman–Crippen MR) is 57.7 cm³/mol. The molecule has 1 aromatic rings. The molecule has 0 saturated heterocycles. The molecule has 0 fully saturated rings. The first kappa shape index (κ1) is 11.3. The van der Waals surface area contributed by atoms with Crippen LogP contribution in [0.1, 0.15) is 0 Å². The van der Waals surface area contributed by atoms with Gasteiger partial charge in [-0.25, -0.2) is 0 Å². The van der Waals surface area contributed by atoms with E-state index in [9.17, 15) is 0 Å². The number of nitrogen functional groups attached to an aromatic ring is 1. The highest BCUT2D eigenvalue weighted by Crippen LogP contribution is 2.57. The van der Waals surface area contributed by atoms with Crippen molar-refractivity contribution in [2.45, 2.75) is 4.90 Å². The van der Waals surface area contributed by atoms with Crippen molar-refractivity contribution >= 4 is 16.6 Å². The Kier molecular flexibility index (Phi) is 3.77. The normalized spacial score (nSPS) is 12.8. The maximum atomic E-state index is 5.67. The van der Waals surface area contributed by atoms with Gasteiger partial charge in [0.25, 0.3) is 0 Å². The molecule has 0 aliphatic carbocycles. The molecule has 0 amide bonds. The Morgan fingerprint density at radius 1 is 1.07 bits per heavy atom. The summed E-state index contributed by atoms with van der Waals surface area (Å²) in [5, 5.41) is 0. The van der Waals surface area contributed by atoms with E-state index in [1.54, 1.807) is 33.5 Å². The highest BCUT2D eigenvalue weighted by molar-refractivity contribution is 8.21. The molecule has 0 aliphatic heterocycles. The molecule has 0 radical (unpaired) electrons. The van der Waals surface area contributed by atoms with Crippen LogP contribution in [0.5, 0.6) is 0 Å². The van der Waals surface area contributed by atoms with Gasteiger partial charge in [0.1, 0.15) is 10.9 Å². The molecule has 0 aromatic heterocycles. The average molecular weight is 217 g/mol. The van der Waals surface area contributed by atoms with Crippen molar-refractivity contribution in [3.63, 3.8) is 0 Å². The van der Waals surface area contributed by atoms with Gasteiger partial charge in [0.2, 0.25) is 0 Å². The van der Waals surface area contributed by atoms with Gasteiger partial charge in [0.05, 0.1) is 26.2 Å². The van der Waals surface area contributed by atoms with Gasteiger partial charge in [-0.1, -0.05) is 6.07 Å². The molecular weight excluding hydrogens is 202 g/mol. The van der Waals surface area contributed by atoms with E-state index in [0.717, 1.165) is 4.90 Å². The summed E-state index contributed by atoms with van der Waals surface area (Å²) in [4.78, 5) is 0.810. The summed E-state index contributed by atoms with van der Waals surface area (Å²) in [5.41, 5.74) is 6.32. The Balaban J connectivity index is 3.10. The molecule has 1 aromatic carbocycles. The third-order valence-corrected chi connectivity index (χ3v) is 3.95. The Bertz CT molecular complexity index is 294. The van der Waals surface area contributed by atoms with Crippen LogP contribution in [0.2, 0.25) is 0 Å². The first-order valence-electron chi connectivity index (χ1n) is 4.04.